The highest BCUT2D eigenvalue weighted by Gasteiger charge is 2.13. The van der Waals surface area contributed by atoms with Crippen LogP contribution in [0.5, 0.6) is 11.5 Å². The number of methoxy groups -OCH3 is 1. The zero-order valence-electron chi connectivity index (χ0n) is 17.5. The summed E-state index contributed by atoms with van der Waals surface area (Å²) < 4.78 is 11.6. The minimum atomic E-state index is 0.460. The van der Waals surface area contributed by atoms with Crippen LogP contribution in [-0.2, 0) is 13.2 Å². The lowest BCUT2D eigenvalue weighted by Gasteiger charge is -2.15. The van der Waals surface area contributed by atoms with Gasteiger partial charge < -0.3 is 14.8 Å². The lowest BCUT2D eigenvalue weighted by molar-refractivity contribution is 0.285. The van der Waals surface area contributed by atoms with Crippen molar-refractivity contribution in [3.05, 3.63) is 89.2 Å². The largest absolute Gasteiger partial charge is 0.493 e. The van der Waals surface area contributed by atoms with Crippen molar-refractivity contribution in [2.45, 2.75) is 27.0 Å². The third-order valence-electron chi connectivity index (χ3n) is 4.87. The van der Waals surface area contributed by atoms with E-state index in [1.807, 2.05) is 49.4 Å². The molecule has 0 amide bonds. The van der Waals surface area contributed by atoms with Crippen LogP contribution in [-0.4, -0.2) is 17.1 Å². The van der Waals surface area contributed by atoms with Crippen LogP contribution < -0.4 is 14.8 Å². The second kappa shape index (κ2) is 8.82. The molecule has 3 aromatic carbocycles. The van der Waals surface area contributed by atoms with Gasteiger partial charge in [0.15, 0.2) is 11.5 Å². The highest BCUT2D eigenvalue weighted by atomic mass is 16.5. The van der Waals surface area contributed by atoms with Crippen molar-refractivity contribution in [3.8, 4) is 11.5 Å². The van der Waals surface area contributed by atoms with Gasteiger partial charge in [0.25, 0.3) is 0 Å². The Morgan fingerprint density at radius 1 is 0.833 bits per heavy atom. The predicted octanol–water partition coefficient (Wildman–Crippen LogP) is 5.45. The quantitative estimate of drug-likeness (QED) is 0.448. The minimum absolute atomic E-state index is 0.460. The van der Waals surface area contributed by atoms with Gasteiger partial charge in [0.1, 0.15) is 18.2 Å². The molecule has 5 nitrogen and oxygen atoms in total. The zero-order valence-corrected chi connectivity index (χ0v) is 17.5. The Balaban J connectivity index is 1.65. The van der Waals surface area contributed by atoms with Gasteiger partial charge in [-0.25, -0.2) is 9.97 Å². The molecule has 0 saturated carbocycles. The van der Waals surface area contributed by atoms with E-state index < -0.39 is 0 Å². The molecule has 0 aliphatic rings. The molecule has 4 aromatic rings. The Kier molecular flexibility index (Phi) is 5.80. The van der Waals surface area contributed by atoms with Crippen LogP contribution in [0.2, 0.25) is 0 Å². The average Bonchev–Trinajstić information content (AvgIpc) is 2.76. The molecule has 0 radical (unpaired) electrons. The number of ether oxygens (including phenoxy) is 2. The molecule has 1 N–H and O–H groups in total. The number of anilines is 1. The summed E-state index contributed by atoms with van der Waals surface area (Å²) in [5, 5.41) is 4.36. The van der Waals surface area contributed by atoms with Crippen molar-refractivity contribution < 1.29 is 9.47 Å². The molecular weight excluding hydrogens is 374 g/mol. The van der Waals surface area contributed by atoms with E-state index in [4.69, 9.17) is 9.47 Å². The fraction of sp³-hybridized carbons (Fsp3) is 0.200. The first-order chi connectivity index (χ1) is 14.6. The topological polar surface area (TPSA) is 56.3 Å². The number of fused-ring (bicyclic) bond motifs is 1. The first-order valence-corrected chi connectivity index (χ1v) is 9.95. The molecular formula is C25H25N3O2. The number of nitrogens with one attached hydrogen (secondary N) is 1. The summed E-state index contributed by atoms with van der Waals surface area (Å²) in [6, 6.07) is 22.4. The Hall–Kier alpha value is -3.60. The molecule has 0 bridgehead atoms. The first-order valence-electron chi connectivity index (χ1n) is 9.95. The monoisotopic (exact) mass is 399 g/mol. The summed E-state index contributed by atoms with van der Waals surface area (Å²) in [6.45, 7) is 5.13. The van der Waals surface area contributed by atoms with Crippen LogP contribution in [0, 0.1) is 13.8 Å². The summed E-state index contributed by atoms with van der Waals surface area (Å²) in [5.74, 6) is 2.81. The highest BCUT2D eigenvalue weighted by molar-refractivity contribution is 5.91. The Morgan fingerprint density at radius 3 is 2.40 bits per heavy atom. The fourth-order valence-electron chi connectivity index (χ4n) is 3.40. The van der Waals surface area contributed by atoms with E-state index in [1.54, 1.807) is 7.11 Å². The zero-order chi connectivity index (χ0) is 20.9. The predicted molar refractivity (Wildman–Crippen MR) is 120 cm³/mol. The van der Waals surface area contributed by atoms with Crippen LogP contribution in [0.15, 0.2) is 66.7 Å². The maximum atomic E-state index is 6.08. The number of hydrogen-bond acceptors (Lipinski definition) is 5. The molecule has 0 aliphatic carbocycles. The van der Waals surface area contributed by atoms with Gasteiger partial charge in [-0.05, 0) is 31.0 Å². The van der Waals surface area contributed by atoms with Gasteiger partial charge in [-0.2, -0.15) is 0 Å². The van der Waals surface area contributed by atoms with E-state index in [9.17, 15) is 0 Å². The second-order valence-electron chi connectivity index (χ2n) is 7.26. The summed E-state index contributed by atoms with van der Waals surface area (Å²) in [6.07, 6.45) is 0. The van der Waals surface area contributed by atoms with Crippen LogP contribution >= 0.6 is 0 Å². The molecule has 0 unspecified atom stereocenters. The normalized spacial score (nSPS) is 10.8. The van der Waals surface area contributed by atoms with Gasteiger partial charge in [0.2, 0.25) is 0 Å². The van der Waals surface area contributed by atoms with Crippen molar-refractivity contribution in [1.29, 1.82) is 0 Å². The summed E-state index contributed by atoms with van der Waals surface area (Å²) >= 11 is 0. The number of nitrogens with zero attached hydrogens (tertiary/aromatic N) is 2. The number of rotatable bonds is 7. The molecule has 1 heterocycles. The third-order valence-corrected chi connectivity index (χ3v) is 4.87. The lowest BCUT2D eigenvalue weighted by Crippen LogP contribution is -2.05. The molecule has 152 valence electrons. The van der Waals surface area contributed by atoms with Crippen molar-refractivity contribution in [3.63, 3.8) is 0 Å². The third kappa shape index (κ3) is 4.51. The molecule has 0 spiro atoms. The summed E-state index contributed by atoms with van der Waals surface area (Å²) in [7, 11) is 1.64. The number of benzene rings is 3. The number of aromatic nitrogens is 2. The first kappa shape index (κ1) is 19.7. The maximum Gasteiger partial charge on any atom is 0.162 e. The van der Waals surface area contributed by atoms with Crippen molar-refractivity contribution >= 4 is 16.7 Å². The smallest absolute Gasteiger partial charge is 0.162 e. The van der Waals surface area contributed by atoms with E-state index in [2.05, 4.69) is 46.5 Å². The van der Waals surface area contributed by atoms with Crippen LogP contribution in [0.4, 0.5) is 5.82 Å². The fourth-order valence-corrected chi connectivity index (χ4v) is 3.40. The standard InChI is InChI=1S/C25H25N3O2/c1-17-8-7-11-20(12-17)15-26-25-21-13-24(30-16-19-9-5-4-6-10-19)23(29-3)14-22(21)27-18(2)28-25/h4-14H,15-16H2,1-3H3,(H,26,27,28). The Labute approximate surface area is 176 Å². The van der Waals surface area contributed by atoms with E-state index in [0.29, 0.717) is 30.5 Å². The van der Waals surface area contributed by atoms with Gasteiger partial charge in [0.05, 0.1) is 12.6 Å². The molecule has 0 fully saturated rings. The van der Waals surface area contributed by atoms with Gasteiger partial charge in [-0.1, -0.05) is 60.2 Å². The molecule has 0 saturated heterocycles. The highest BCUT2D eigenvalue weighted by Crippen LogP contribution is 2.35. The summed E-state index contributed by atoms with van der Waals surface area (Å²) in [4.78, 5) is 9.22. The molecule has 0 aliphatic heterocycles. The minimum Gasteiger partial charge on any atom is -0.493 e. The average molecular weight is 399 g/mol. The SMILES string of the molecule is COc1cc2nc(C)nc(NCc3cccc(C)c3)c2cc1OCc1ccccc1. The second-order valence-corrected chi connectivity index (χ2v) is 7.26. The molecule has 5 heteroatoms. The molecule has 4 rings (SSSR count). The number of aryl methyl sites for hydroxylation is 2. The van der Waals surface area contributed by atoms with Crippen molar-refractivity contribution in [1.82, 2.24) is 9.97 Å². The van der Waals surface area contributed by atoms with Crippen LogP contribution in [0.3, 0.4) is 0 Å². The van der Waals surface area contributed by atoms with Gasteiger partial charge in [0, 0.05) is 18.0 Å². The molecule has 0 atom stereocenters. The van der Waals surface area contributed by atoms with E-state index >= 15 is 0 Å². The maximum absolute atomic E-state index is 6.08. The van der Waals surface area contributed by atoms with Gasteiger partial charge >= 0.3 is 0 Å². The van der Waals surface area contributed by atoms with E-state index in [1.165, 1.54) is 11.1 Å². The lowest BCUT2D eigenvalue weighted by atomic mass is 10.1. The van der Waals surface area contributed by atoms with Gasteiger partial charge in [-0.3, -0.25) is 0 Å². The number of hydrogen-bond donors (Lipinski definition) is 1. The Morgan fingerprint density at radius 2 is 1.63 bits per heavy atom. The van der Waals surface area contributed by atoms with Gasteiger partial charge in [-0.15, -0.1) is 0 Å². The summed E-state index contributed by atoms with van der Waals surface area (Å²) in [5.41, 5.74) is 4.35. The van der Waals surface area contributed by atoms with Crippen LogP contribution in [0.1, 0.15) is 22.5 Å². The molecule has 1 aromatic heterocycles. The Bertz CT molecular complexity index is 1160. The van der Waals surface area contributed by atoms with Crippen molar-refractivity contribution in [2.24, 2.45) is 0 Å². The van der Waals surface area contributed by atoms with Crippen LogP contribution in [0.25, 0.3) is 10.9 Å². The van der Waals surface area contributed by atoms with E-state index in [-0.39, 0.29) is 0 Å². The van der Waals surface area contributed by atoms with E-state index in [0.717, 1.165) is 22.3 Å². The molecule has 30 heavy (non-hydrogen) atoms. The van der Waals surface area contributed by atoms with Crippen molar-refractivity contribution in [2.75, 3.05) is 12.4 Å².